The van der Waals surface area contributed by atoms with Crippen molar-refractivity contribution in [1.29, 1.82) is 0 Å². The number of anilines is 1. The molecule has 0 fully saturated rings. The Kier molecular flexibility index (Phi) is 5.47. The molecule has 1 heterocycles. The third-order valence-corrected chi connectivity index (χ3v) is 4.84. The number of hydrogen-bond donors (Lipinski definition) is 1. The molecule has 0 saturated carbocycles. The predicted octanol–water partition coefficient (Wildman–Crippen LogP) is 3.71. The average Bonchev–Trinajstić information content (AvgIpc) is 3.05. The van der Waals surface area contributed by atoms with E-state index in [0.29, 0.717) is 24.5 Å². The number of fused-ring (bicyclic) bond motifs is 1. The largest absolute Gasteiger partial charge is 0.493 e. The summed E-state index contributed by atoms with van der Waals surface area (Å²) in [6.45, 7) is 5.67. The van der Waals surface area contributed by atoms with Crippen molar-refractivity contribution in [1.82, 2.24) is 4.90 Å². The van der Waals surface area contributed by atoms with E-state index in [9.17, 15) is 4.79 Å². The van der Waals surface area contributed by atoms with Crippen LogP contribution in [0, 0.1) is 0 Å². The zero-order valence-electron chi connectivity index (χ0n) is 15.6. The predicted molar refractivity (Wildman–Crippen MR) is 102 cm³/mol. The molecule has 1 aliphatic rings. The van der Waals surface area contributed by atoms with Crippen molar-refractivity contribution < 1.29 is 14.3 Å². The van der Waals surface area contributed by atoms with Gasteiger partial charge in [-0.1, -0.05) is 18.2 Å². The van der Waals surface area contributed by atoms with Gasteiger partial charge in [0, 0.05) is 31.2 Å². The highest BCUT2D eigenvalue weighted by Gasteiger charge is 2.29. The van der Waals surface area contributed by atoms with Crippen LogP contribution in [0.1, 0.15) is 43.0 Å². The van der Waals surface area contributed by atoms with Crippen LogP contribution in [0.2, 0.25) is 0 Å². The first-order valence-electron chi connectivity index (χ1n) is 8.94. The number of carbonyl (C=O) groups is 1. The van der Waals surface area contributed by atoms with E-state index in [1.165, 1.54) is 11.1 Å². The summed E-state index contributed by atoms with van der Waals surface area (Å²) in [5.41, 5.74) is 10.4. The number of ketones is 1. The summed E-state index contributed by atoms with van der Waals surface area (Å²) in [7, 11) is 1.63. The molecule has 0 aromatic heterocycles. The van der Waals surface area contributed by atoms with Gasteiger partial charge >= 0.3 is 0 Å². The van der Waals surface area contributed by atoms with Crippen LogP contribution in [0.3, 0.4) is 0 Å². The fourth-order valence-corrected chi connectivity index (χ4v) is 3.59. The molecular weight excluding hydrogens is 328 g/mol. The molecule has 0 saturated heterocycles. The third-order valence-electron chi connectivity index (χ3n) is 4.84. The molecule has 1 aliphatic heterocycles. The van der Waals surface area contributed by atoms with Gasteiger partial charge in [-0.3, -0.25) is 9.69 Å². The molecule has 5 nitrogen and oxygen atoms in total. The minimum absolute atomic E-state index is 0.0237. The Balaban J connectivity index is 1.94. The van der Waals surface area contributed by atoms with E-state index in [-0.39, 0.29) is 11.8 Å². The Morgan fingerprint density at radius 3 is 2.69 bits per heavy atom. The van der Waals surface area contributed by atoms with Gasteiger partial charge in [0.2, 0.25) is 0 Å². The summed E-state index contributed by atoms with van der Waals surface area (Å²) >= 11 is 0. The van der Waals surface area contributed by atoms with E-state index in [1.807, 2.05) is 37.3 Å². The van der Waals surface area contributed by atoms with Gasteiger partial charge in [0.1, 0.15) is 5.78 Å². The van der Waals surface area contributed by atoms with Crippen LogP contribution in [-0.2, 0) is 17.9 Å². The first-order valence-corrected chi connectivity index (χ1v) is 8.94. The van der Waals surface area contributed by atoms with E-state index >= 15 is 0 Å². The van der Waals surface area contributed by atoms with E-state index < -0.39 is 0 Å². The maximum atomic E-state index is 12.0. The Hall–Kier alpha value is -2.53. The molecule has 3 rings (SSSR count). The Morgan fingerprint density at radius 2 is 2.04 bits per heavy atom. The van der Waals surface area contributed by atoms with Crippen molar-refractivity contribution in [3.8, 4) is 11.5 Å². The Morgan fingerprint density at radius 1 is 1.23 bits per heavy atom. The van der Waals surface area contributed by atoms with Crippen LogP contribution in [0.25, 0.3) is 0 Å². The highest BCUT2D eigenvalue weighted by molar-refractivity contribution is 5.76. The van der Waals surface area contributed by atoms with Crippen LogP contribution in [-0.4, -0.2) is 24.4 Å². The lowest BCUT2D eigenvalue weighted by Gasteiger charge is -2.28. The molecule has 138 valence electrons. The van der Waals surface area contributed by atoms with Crippen LogP contribution >= 0.6 is 0 Å². The average molecular weight is 354 g/mol. The highest BCUT2D eigenvalue weighted by Crippen LogP contribution is 2.38. The number of benzene rings is 2. The van der Waals surface area contributed by atoms with Crippen molar-refractivity contribution in [2.24, 2.45) is 0 Å². The number of carbonyl (C=O) groups excluding carboxylic acids is 1. The number of methoxy groups -OCH3 is 1. The second-order valence-electron chi connectivity index (χ2n) is 6.66. The summed E-state index contributed by atoms with van der Waals surface area (Å²) in [5, 5.41) is 0. The van der Waals surface area contributed by atoms with E-state index in [2.05, 4.69) is 11.0 Å². The number of ether oxygens (including phenoxy) is 2. The van der Waals surface area contributed by atoms with Crippen molar-refractivity contribution in [2.75, 3.05) is 19.5 Å². The number of rotatable bonds is 7. The molecule has 0 aliphatic carbocycles. The van der Waals surface area contributed by atoms with Gasteiger partial charge < -0.3 is 15.2 Å². The van der Waals surface area contributed by atoms with E-state index in [0.717, 1.165) is 24.3 Å². The van der Waals surface area contributed by atoms with Crippen LogP contribution < -0.4 is 15.2 Å². The fraction of sp³-hybridized carbons (Fsp3) is 0.381. The molecular formula is C21H26N2O3. The minimum atomic E-state index is -0.0237. The Bertz CT molecular complexity index is 804. The maximum Gasteiger partial charge on any atom is 0.161 e. The first kappa shape index (κ1) is 18.3. The molecule has 2 aromatic carbocycles. The topological polar surface area (TPSA) is 64.8 Å². The van der Waals surface area contributed by atoms with Gasteiger partial charge in [0.15, 0.2) is 11.5 Å². The lowest BCUT2D eigenvalue weighted by Crippen LogP contribution is -2.25. The van der Waals surface area contributed by atoms with Gasteiger partial charge in [-0.15, -0.1) is 0 Å². The molecule has 0 unspecified atom stereocenters. The molecule has 5 heteroatoms. The SMILES string of the molecule is CCOc1cc([C@@H](CC(C)=O)N2Cc3cccc(N)c3C2)ccc1OC. The minimum Gasteiger partial charge on any atom is -0.493 e. The number of nitrogen functional groups attached to an aromatic ring is 1. The zero-order valence-corrected chi connectivity index (χ0v) is 15.6. The Labute approximate surface area is 154 Å². The van der Waals surface area contributed by atoms with Crippen LogP contribution in [0.4, 0.5) is 5.69 Å². The van der Waals surface area contributed by atoms with E-state index in [1.54, 1.807) is 14.0 Å². The molecule has 0 radical (unpaired) electrons. The number of Topliss-reactive ketones (excluding diaryl/α,β-unsaturated/α-hetero) is 1. The second-order valence-corrected chi connectivity index (χ2v) is 6.66. The molecule has 1 atom stereocenters. The standard InChI is InChI=1S/C21H26N2O3/c1-4-26-21-11-15(8-9-20(21)25-3)19(10-14(2)24)23-12-16-6-5-7-18(22)17(16)13-23/h5-9,11,19H,4,10,12-13,22H2,1-3H3/t19-/m1/s1. The number of nitrogens with two attached hydrogens (primary N) is 1. The summed E-state index contributed by atoms with van der Waals surface area (Å²) in [6.07, 6.45) is 0.450. The van der Waals surface area contributed by atoms with Gasteiger partial charge in [-0.05, 0) is 48.7 Å². The summed E-state index contributed by atoms with van der Waals surface area (Å²) < 4.78 is 11.1. The van der Waals surface area contributed by atoms with Crippen molar-refractivity contribution in [3.63, 3.8) is 0 Å². The normalized spacial score (nSPS) is 14.7. The molecule has 0 bridgehead atoms. The number of hydrogen-bond acceptors (Lipinski definition) is 5. The third kappa shape index (κ3) is 3.68. The molecule has 26 heavy (non-hydrogen) atoms. The summed E-state index contributed by atoms with van der Waals surface area (Å²) in [4.78, 5) is 14.3. The van der Waals surface area contributed by atoms with Crippen LogP contribution in [0.15, 0.2) is 36.4 Å². The van der Waals surface area contributed by atoms with Gasteiger partial charge in [-0.2, -0.15) is 0 Å². The first-order chi connectivity index (χ1) is 12.5. The lowest BCUT2D eigenvalue weighted by molar-refractivity contribution is -0.118. The van der Waals surface area contributed by atoms with Gasteiger partial charge in [-0.25, -0.2) is 0 Å². The fourth-order valence-electron chi connectivity index (χ4n) is 3.59. The highest BCUT2D eigenvalue weighted by atomic mass is 16.5. The molecule has 2 aromatic rings. The quantitative estimate of drug-likeness (QED) is 0.768. The number of nitrogens with zero attached hydrogens (tertiary/aromatic N) is 1. The van der Waals surface area contributed by atoms with Gasteiger partial charge in [0.05, 0.1) is 13.7 Å². The molecule has 0 spiro atoms. The van der Waals surface area contributed by atoms with Crippen molar-refractivity contribution in [2.45, 2.75) is 39.4 Å². The smallest absolute Gasteiger partial charge is 0.161 e. The zero-order chi connectivity index (χ0) is 18.7. The molecule has 2 N–H and O–H groups in total. The van der Waals surface area contributed by atoms with Crippen molar-refractivity contribution >= 4 is 11.5 Å². The van der Waals surface area contributed by atoms with E-state index in [4.69, 9.17) is 15.2 Å². The summed E-state index contributed by atoms with van der Waals surface area (Å²) in [5.74, 6) is 1.57. The lowest BCUT2D eigenvalue weighted by atomic mass is 9.99. The maximum absolute atomic E-state index is 12.0. The monoisotopic (exact) mass is 354 g/mol. The second kappa shape index (κ2) is 7.79. The molecule has 0 amide bonds. The van der Waals surface area contributed by atoms with Crippen molar-refractivity contribution in [3.05, 3.63) is 53.1 Å². The van der Waals surface area contributed by atoms with Gasteiger partial charge in [0.25, 0.3) is 0 Å². The van der Waals surface area contributed by atoms with Crippen LogP contribution in [0.5, 0.6) is 11.5 Å². The summed E-state index contributed by atoms with van der Waals surface area (Å²) in [6, 6.07) is 11.9.